The Morgan fingerprint density at radius 3 is 2.35 bits per heavy atom. The van der Waals surface area contributed by atoms with Crippen molar-refractivity contribution in [2.75, 3.05) is 11.0 Å². The van der Waals surface area contributed by atoms with Crippen molar-refractivity contribution in [3.63, 3.8) is 0 Å². The quantitative estimate of drug-likeness (QED) is 0.641. The Labute approximate surface area is 139 Å². The van der Waals surface area contributed by atoms with Crippen LogP contribution in [0.15, 0.2) is 40.8 Å². The molecule has 23 heavy (non-hydrogen) atoms. The largest absolute Gasteiger partial charge is 0.284 e. The zero-order valence-electron chi connectivity index (χ0n) is 13.0. The number of benzene rings is 1. The Morgan fingerprint density at radius 2 is 1.83 bits per heavy atom. The molecule has 0 saturated carbocycles. The third kappa shape index (κ3) is 5.19. The number of hydrogen-bond acceptors (Lipinski definition) is 5. The van der Waals surface area contributed by atoms with Crippen LogP contribution < -0.4 is 10.1 Å². The average molecular weight is 351 g/mol. The zero-order valence-corrected chi connectivity index (χ0v) is 14.6. The molecule has 0 unspecified atom stereocenters. The Morgan fingerprint density at radius 1 is 1.17 bits per heavy atom. The van der Waals surface area contributed by atoms with E-state index < -0.39 is 10.0 Å². The molecule has 1 amide bonds. The minimum absolute atomic E-state index is 0.260. The second-order valence-corrected chi connectivity index (χ2v) is 7.90. The highest BCUT2D eigenvalue weighted by Crippen LogP contribution is 2.13. The summed E-state index contributed by atoms with van der Waals surface area (Å²) >= 11 is 1.50. The van der Waals surface area contributed by atoms with E-state index in [0.29, 0.717) is 17.0 Å². The van der Waals surface area contributed by atoms with Gasteiger partial charge in [0.15, 0.2) is 0 Å². The van der Waals surface area contributed by atoms with Gasteiger partial charge in [-0.2, -0.15) is 5.10 Å². The average Bonchev–Trinajstić information content (AvgIpc) is 2.90. The van der Waals surface area contributed by atoms with Crippen LogP contribution in [0.2, 0.25) is 0 Å². The summed E-state index contributed by atoms with van der Waals surface area (Å²) in [5.74, 6) is -0.260. The van der Waals surface area contributed by atoms with E-state index in [1.807, 2.05) is 6.92 Å². The number of hydrazone groups is 1. The lowest BCUT2D eigenvalue weighted by atomic mass is 10.1. The Bertz CT molecular complexity index is 837. The van der Waals surface area contributed by atoms with Gasteiger partial charge < -0.3 is 0 Å². The molecule has 1 aromatic carbocycles. The second-order valence-electron chi connectivity index (χ2n) is 5.04. The summed E-state index contributed by atoms with van der Waals surface area (Å²) in [5.41, 5.74) is 4.97. The van der Waals surface area contributed by atoms with Crippen LogP contribution in [0.5, 0.6) is 0 Å². The van der Waals surface area contributed by atoms with Gasteiger partial charge in [0.05, 0.1) is 17.5 Å². The molecule has 6 nitrogen and oxygen atoms in total. The molecule has 0 aliphatic heterocycles. The van der Waals surface area contributed by atoms with Crippen LogP contribution in [0.3, 0.4) is 0 Å². The number of carbonyl (C=O) groups excluding carboxylic acids is 1. The maximum atomic E-state index is 11.9. The minimum Gasteiger partial charge on any atom is -0.284 e. The highest BCUT2D eigenvalue weighted by atomic mass is 32.2. The molecule has 2 aromatic rings. The van der Waals surface area contributed by atoms with Gasteiger partial charge in [0.25, 0.3) is 5.91 Å². The molecule has 122 valence electrons. The first-order valence-electron chi connectivity index (χ1n) is 6.72. The predicted molar refractivity (Wildman–Crippen MR) is 93.6 cm³/mol. The third-order valence-electron chi connectivity index (χ3n) is 2.92. The Kier molecular flexibility index (Phi) is 5.17. The first-order chi connectivity index (χ1) is 10.7. The Hall–Kier alpha value is -2.19. The number of aryl methyl sites for hydroxylation is 1. The van der Waals surface area contributed by atoms with Crippen molar-refractivity contribution in [1.29, 1.82) is 0 Å². The van der Waals surface area contributed by atoms with Crippen LogP contribution in [-0.2, 0) is 10.0 Å². The van der Waals surface area contributed by atoms with Gasteiger partial charge in [-0.3, -0.25) is 9.52 Å². The molecule has 0 fully saturated rings. The molecule has 8 heteroatoms. The number of thiophene rings is 1. The lowest BCUT2D eigenvalue weighted by molar-refractivity contribution is 0.0955. The molecule has 2 rings (SSSR count). The van der Waals surface area contributed by atoms with Gasteiger partial charge in [-0.15, -0.1) is 11.3 Å². The van der Waals surface area contributed by atoms with Crippen LogP contribution in [-0.4, -0.2) is 26.3 Å². The van der Waals surface area contributed by atoms with Crippen LogP contribution >= 0.6 is 11.3 Å². The molecule has 0 aliphatic carbocycles. The van der Waals surface area contributed by atoms with Gasteiger partial charge in [-0.25, -0.2) is 13.8 Å². The first kappa shape index (κ1) is 17.2. The monoisotopic (exact) mass is 351 g/mol. The van der Waals surface area contributed by atoms with Crippen molar-refractivity contribution >= 4 is 38.7 Å². The number of nitrogens with zero attached hydrogens (tertiary/aromatic N) is 1. The molecule has 0 bridgehead atoms. The van der Waals surface area contributed by atoms with E-state index in [-0.39, 0.29) is 5.91 Å². The van der Waals surface area contributed by atoms with E-state index in [1.54, 1.807) is 42.6 Å². The van der Waals surface area contributed by atoms with Crippen LogP contribution in [0.4, 0.5) is 5.69 Å². The topological polar surface area (TPSA) is 87.6 Å². The number of rotatable bonds is 5. The van der Waals surface area contributed by atoms with Crippen molar-refractivity contribution in [1.82, 2.24) is 5.43 Å². The van der Waals surface area contributed by atoms with E-state index in [2.05, 4.69) is 15.2 Å². The summed E-state index contributed by atoms with van der Waals surface area (Å²) < 4.78 is 24.7. The minimum atomic E-state index is -3.30. The summed E-state index contributed by atoms with van der Waals surface area (Å²) in [7, 11) is -3.30. The molecule has 1 heterocycles. The molecule has 0 atom stereocenters. The predicted octanol–water partition coefficient (Wildman–Crippen LogP) is 2.58. The third-order valence-corrected chi connectivity index (χ3v) is 4.39. The van der Waals surface area contributed by atoms with E-state index in [9.17, 15) is 13.2 Å². The van der Waals surface area contributed by atoms with Gasteiger partial charge in [0, 0.05) is 15.9 Å². The molecule has 0 saturated heterocycles. The highest BCUT2D eigenvalue weighted by Gasteiger charge is 2.07. The van der Waals surface area contributed by atoms with E-state index in [0.717, 1.165) is 16.7 Å². The van der Waals surface area contributed by atoms with Crippen LogP contribution in [0.1, 0.15) is 27.7 Å². The van der Waals surface area contributed by atoms with Crippen molar-refractivity contribution < 1.29 is 13.2 Å². The van der Waals surface area contributed by atoms with Crippen molar-refractivity contribution in [3.05, 3.63) is 51.7 Å². The number of hydrogen-bond donors (Lipinski definition) is 2. The standard InChI is InChI=1S/C15H17N3O3S2/c1-10-8-13(9-22-10)15(19)17-16-11(2)12-4-6-14(7-5-12)18-23(3,20)21/h4-9,18H,1-3H3,(H,17,19)/b16-11-. The zero-order chi connectivity index (χ0) is 17.0. The summed E-state index contributed by atoms with van der Waals surface area (Å²) in [6.07, 6.45) is 1.09. The number of nitrogens with one attached hydrogen (secondary N) is 2. The number of carbonyl (C=O) groups is 1. The molecule has 0 radical (unpaired) electrons. The van der Waals surface area contributed by atoms with Crippen LogP contribution in [0.25, 0.3) is 0 Å². The van der Waals surface area contributed by atoms with Gasteiger partial charge >= 0.3 is 0 Å². The number of sulfonamides is 1. The molecule has 2 N–H and O–H groups in total. The van der Waals surface area contributed by atoms with Crippen molar-refractivity contribution in [2.45, 2.75) is 13.8 Å². The molecule has 1 aromatic heterocycles. The fraction of sp³-hybridized carbons (Fsp3) is 0.200. The van der Waals surface area contributed by atoms with Crippen molar-refractivity contribution in [3.8, 4) is 0 Å². The molecule has 0 aliphatic rings. The highest BCUT2D eigenvalue weighted by molar-refractivity contribution is 7.92. The lowest BCUT2D eigenvalue weighted by Gasteiger charge is -2.06. The van der Waals surface area contributed by atoms with Gasteiger partial charge in [0.1, 0.15) is 0 Å². The number of anilines is 1. The second kappa shape index (κ2) is 6.93. The maximum absolute atomic E-state index is 11.9. The van der Waals surface area contributed by atoms with Crippen LogP contribution in [0, 0.1) is 6.92 Å². The van der Waals surface area contributed by atoms with E-state index in [4.69, 9.17) is 0 Å². The maximum Gasteiger partial charge on any atom is 0.272 e. The SMILES string of the molecule is C/C(=N/NC(=O)c1csc(C)c1)c1ccc(NS(C)(=O)=O)cc1. The summed E-state index contributed by atoms with van der Waals surface area (Å²) in [4.78, 5) is 13.0. The summed E-state index contributed by atoms with van der Waals surface area (Å²) in [6.45, 7) is 3.69. The van der Waals surface area contributed by atoms with E-state index in [1.165, 1.54) is 11.3 Å². The Balaban J connectivity index is 2.04. The fourth-order valence-electron chi connectivity index (χ4n) is 1.82. The summed E-state index contributed by atoms with van der Waals surface area (Å²) in [5, 5.41) is 5.85. The van der Waals surface area contributed by atoms with E-state index >= 15 is 0 Å². The fourth-order valence-corrected chi connectivity index (χ4v) is 3.07. The van der Waals surface area contributed by atoms with Gasteiger partial charge in [-0.1, -0.05) is 12.1 Å². The normalized spacial score (nSPS) is 12.0. The summed E-state index contributed by atoms with van der Waals surface area (Å²) in [6, 6.07) is 8.54. The molecular weight excluding hydrogens is 334 g/mol. The molecule has 0 spiro atoms. The smallest absolute Gasteiger partial charge is 0.272 e. The van der Waals surface area contributed by atoms with Gasteiger partial charge in [0.2, 0.25) is 10.0 Å². The lowest BCUT2D eigenvalue weighted by Crippen LogP contribution is -2.18. The molecular formula is C15H17N3O3S2. The van der Waals surface area contributed by atoms with Crippen molar-refractivity contribution in [2.24, 2.45) is 5.10 Å². The first-order valence-corrected chi connectivity index (χ1v) is 9.50. The van der Waals surface area contributed by atoms with Gasteiger partial charge in [-0.05, 0) is 37.6 Å². The number of amides is 1.